The molecule has 2 aliphatic rings. The summed E-state index contributed by atoms with van der Waals surface area (Å²) in [4.78, 5) is 23.0. The average molecular weight is 313 g/mol. The van der Waals surface area contributed by atoms with Crippen LogP contribution in [0.15, 0.2) is 18.3 Å². The number of esters is 1. The molecule has 1 aliphatic heterocycles. The van der Waals surface area contributed by atoms with Crippen molar-refractivity contribution in [2.24, 2.45) is 0 Å². The number of carbonyl (C=O) groups is 1. The van der Waals surface area contributed by atoms with Gasteiger partial charge >= 0.3 is 5.97 Å². The fraction of sp³-hybridized carbons (Fsp3) is 0.500. The Kier molecular flexibility index (Phi) is 3.48. The molecule has 2 aromatic rings. The molecule has 2 aromatic heterocycles. The van der Waals surface area contributed by atoms with Crippen LogP contribution in [-0.2, 0) is 11.3 Å². The van der Waals surface area contributed by atoms with E-state index in [2.05, 4.69) is 20.0 Å². The fourth-order valence-electron chi connectivity index (χ4n) is 3.51. The number of carbonyl (C=O) groups excluding carboxylic acids is 1. The number of pyridine rings is 1. The molecule has 1 fully saturated rings. The molecule has 0 bridgehead atoms. The third kappa shape index (κ3) is 2.36. The van der Waals surface area contributed by atoms with Crippen LogP contribution < -0.4 is 4.90 Å². The van der Waals surface area contributed by atoms with Crippen molar-refractivity contribution in [1.82, 2.24) is 19.7 Å². The van der Waals surface area contributed by atoms with Crippen LogP contribution in [0.3, 0.4) is 0 Å². The number of fused-ring (bicyclic) bond motifs is 3. The molecule has 0 saturated heterocycles. The molecular formula is C16H19N5O2. The van der Waals surface area contributed by atoms with Gasteiger partial charge in [0.25, 0.3) is 5.82 Å². The summed E-state index contributed by atoms with van der Waals surface area (Å²) in [5.41, 5.74) is 0.877. The Hall–Kier alpha value is -2.44. The summed E-state index contributed by atoms with van der Waals surface area (Å²) in [7, 11) is 1.34. The van der Waals surface area contributed by atoms with E-state index in [1.807, 2.05) is 12.1 Å². The minimum Gasteiger partial charge on any atom is -0.463 e. The molecular weight excluding hydrogens is 294 g/mol. The number of aromatic nitrogens is 4. The van der Waals surface area contributed by atoms with E-state index in [4.69, 9.17) is 4.74 Å². The summed E-state index contributed by atoms with van der Waals surface area (Å²) < 4.78 is 6.45. The monoisotopic (exact) mass is 313 g/mol. The van der Waals surface area contributed by atoms with Crippen LogP contribution in [0.2, 0.25) is 0 Å². The molecule has 7 nitrogen and oxygen atoms in total. The van der Waals surface area contributed by atoms with E-state index in [1.54, 1.807) is 10.9 Å². The first-order valence-corrected chi connectivity index (χ1v) is 8.04. The minimum absolute atomic E-state index is 0.0998. The van der Waals surface area contributed by atoms with Gasteiger partial charge in [0.2, 0.25) is 0 Å². The summed E-state index contributed by atoms with van der Waals surface area (Å²) >= 11 is 0. The first kappa shape index (κ1) is 14.2. The zero-order valence-corrected chi connectivity index (χ0v) is 13.1. The van der Waals surface area contributed by atoms with E-state index in [0.717, 1.165) is 17.3 Å². The lowest BCUT2D eigenvalue weighted by Crippen LogP contribution is -2.40. The van der Waals surface area contributed by atoms with E-state index < -0.39 is 5.97 Å². The summed E-state index contributed by atoms with van der Waals surface area (Å²) in [5.74, 6) is 1.27. The van der Waals surface area contributed by atoms with E-state index in [9.17, 15) is 4.79 Å². The van der Waals surface area contributed by atoms with Crippen LogP contribution in [0.25, 0.3) is 5.69 Å². The fourth-order valence-corrected chi connectivity index (χ4v) is 3.51. The van der Waals surface area contributed by atoms with Gasteiger partial charge in [0, 0.05) is 12.2 Å². The highest BCUT2D eigenvalue weighted by Gasteiger charge is 2.32. The molecule has 0 radical (unpaired) electrons. The van der Waals surface area contributed by atoms with Gasteiger partial charge in [0.15, 0.2) is 11.6 Å². The maximum atomic E-state index is 11.7. The third-order valence-corrected chi connectivity index (χ3v) is 4.64. The van der Waals surface area contributed by atoms with Crippen LogP contribution in [0, 0.1) is 0 Å². The van der Waals surface area contributed by atoms with Crippen molar-refractivity contribution in [3.63, 3.8) is 0 Å². The summed E-state index contributed by atoms with van der Waals surface area (Å²) in [6, 6.07) is 4.33. The van der Waals surface area contributed by atoms with Gasteiger partial charge in [-0.25, -0.2) is 19.4 Å². The largest absolute Gasteiger partial charge is 0.463 e. The van der Waals surface area contributed by atoms with Gasteiger partial charge in [-0.2, -0.15) is 0 Å². The van der Waals surface area contributed by atoms with Crippen molar-refractivity contribution in [2.75, 3.05) is 12.0 Å². The van der Waals surface area contributed by atoms with Crippen molar-refractivity contribution in [2.45, 2.75) is 44.7 Å². The molecule has 0 atom stereocenters. The van der Waals surface area contributed by atoms with E-state index in [-0.39, 0.29) is 5.82 Å². The van der Waals surface area contributed by atoms with Gasteiger partial charge in [0.05, 0.1) is 13.7 Å². The molecule has 7 heteroatoms. The van der Waals surface area contributed by atoms with Crippen LogP contribution in [0.1, 0.15) is 48.5 Å². The van der Waals surface area contributed by atoms with Gasteiger partial charge in [-0.1, -0.05) is 19.3 Å². The Morgan fingerprint density at radius 2 is 2.13 bits per heavy atom. The zero-order valence-electron chi connectivity index (χ0n) is 13.1. The number of methoxy groups -OCH3 is 1. The van der Waals surface area contributed by atoms with Crippen LogP contribution in [-0.4, -0.2) is 38.9 Å². The van der Waals surface area contributed by atoms with Crippen molar-refractivity contribution in [1.29, 1.82) is 0 Å². The molecule has 4 rings (SSSR count). The Morgan fingerprint density at radius 1 is 1.30 bits per heavy atom. The average Bonchev–Trinajstić information content (AvgIpc) is 3.05. The van der Waals surface area contributed by atoms with Gasteiger partial charge in [-0.15, -0.1) is 5.10 Å². The molecule has 0 unspecified atom stereocenters. The summed E-state index contributed by atoms with van der Waals surface area (Å²) in [6.45, 7) is 0.624. The van der Waals surface area contributed by atoms with Crippen LogP contribution in [0.4, 0.5) is 5.82 Å². The number of nitrogens with zero attached hydrogens (tertiary/aromatic N) is 5. The normalized spacial score (nSPS) is 17.5. The molecule has 0 amide bonds. The zero-order chi connectivity index (χ0) is 15.8. The van der Waals surface area contributed by atoms with Crippen LogP contribution in [0.5, 0.6) is 0 Å². The lowest BCUT2D eigenvalue weighted by molar-refractivity contribution is 0.0587. The second-order valence-electron chi connectivity index (χ2n) is 6.02. The number of hydrogen-bond acceptors (Lipinski definition) is 6. The minimum atomic E-state index is -0.512. The van der Waals surface area contributed by atoms with Crippen molar-refractivity contribution < 1.29 is 9.53 Å². The highest BCUT2D eigenvalue weighted by Crippen LogP contribution is 2.34. The lowest BCUT2D eigenvalue weighted by Gasteiger charge is -2.38. The third-order valence-electron chi connectivity index (χ3n) is 4.64. The predicted octanol–water partition coefficient (Wildman–Crippen LogP) is 2.10. The van der Waals surface area contributed by atoms with Crippen molar-refractivity contribution >= 4 is 11.8 Å². The number of anilines is 1. The van der Waals surface area contributed by atoms with E-state index in [0.29, 0.717) is 12.6 Å². The van der Waals surface area contributed by atoms with Gasteiger partial charge < -0.3 is 9.64 Å². The maximum Gasteiger partial charge on any atom is 0.377 e. The SMILES string of the molecule is COC(=O)c1nc2n(n1)-c1cccnc1N(C1CCCCC1)C2. The van der Waals surface area contributed by atoms with Gasteiger partial charge in [0.1, 0.15) is 5.69 Å². The second-order valence-corrected chi connectivity index (χ2v) is 6.02. The maximum absolute atomic E-state index is 11.7. The Balaban J connectivity index is 1.77. The number of rotatable bonds is 2. The number of hydrogen-bond donors (Lipinski definition) is 0. The molecule has 1 saturated carbocycles. The first-order valence-electron chi connectivity index (χ1n) is 8.04. The lowest BCUT2D eigenvalue weighted by atomic mass is 9.93. The first-order chi connectivity index (χ1) is 11.3. The second kappa shape index (κ2) is 5.64. The topological polar surface area (TPSA) is 73.1 Å². The van der Waals surface area contributed by atoms with Gasteiger partial charge in [-0.05, 0) is 25.0 Å². The number of ether oxygens (including phenoxy) is 1. The Labute approximate surface area is 134 Å². The molecule has 1 aliphatic carbocycles. The Morgan fingerprint density at radius 3 is 2.91 bits per heavy atom. The molecule has 23 heavy (non-hydrogen) atoms. The van der Waals surface area contributed by atoms with E-state index in [1.165, 1.54) is 39.2 Å². The molecule has 3 heterocycles. The quantitative estimate of drug-likeness (QED) is 0.791. The molecule has 120 valence electrons. The van der Waals surface area contributed by atoms with E-state index >= 15 is 0 Å². The highest BCUT2D eigenvalue weighted by molar-refractivity contribution is 5.85. The summed E-state index contributed by atoms with van der Waals surface area (Å²) in [5, 5.41) is 4.31. The predicted molar refractivity (Wildman–Crippen MR) is 83.5 cm³/mol. The van der Waals surface area contributed by atoms with Gasteiger partial charge in [-0.3, -0.25) is 0 Å². The van der Waals surface area contributed by atoms with Crippen molar-refractivity contribution in [3.8, 4) is 5.69 Å². The molecule has 0 spiro atoms. The van der Waals surface area contributed by atoms with Crippen LogP contribution >= 0.6 is 0 Å². The smallest absolute Gasteiger partial charge is 0.377 e. The standard InChI is InChI=1S/C16H19N5O2/c1-23-16(22)14-18-13-10-20(11-6-3-2-4-7-11)15-12(21(13)19-14)8-5-9-17-15/h5,8-9,11H,2-4,6-7,10H2,1H3. The molecule has 0 N–H and O–H groups in total. The van der Waals surface area contributed by atoms with Crippen molar-refractivity contribution in [3.05, 3.63) is 30.0 Å². The molecule has 0 aromatic carbocycles. The summed E-state index contributed by atoms with van der Waals surface area (Å²) in [6.07, 6.45) is 7.97. The Bertz CT molecular complexity index is 736. The highest BCUT2D eigenvalue weighted by atomic mass is 16.5.